The van der Waals surface area contributed by atoms with Crippen LogP contribution in [0.5, 0.6) is 0 Å². The number of nitrogens with two attached hydrogens (primary N) is 1. The zero-order chi connectivity index (χ0) is 14.4. The Hall–Kier alpha value is -1.40. The predicted molar refractivity (Wildman–Crippen MR) is 75.9 cm³/mol. The van der Waals surface area contributed by atoms with Crippen LogP contribution in [0.4, 0.5) is 0 Å². The summed E-state index contributed by atoms with van der Waals surface area (Å²) in [5.74, 6) is 0.793. The third-order valence-electron chi connectivity index (χ3n) is 3.39. The van der Waals surface area contributed by atoms with Crippen LogP contribution in [-0.4, -0.2) is 30.8 Å². The normalized spacial score (nSPS) is 13.1. The maximum Gasteiger partial charge on any atom is 0.177 e. The molecule has 6 heteroatoms. The minimum atomic E-state index is -3.29. The van der Waals surface area contributed by atoms with Gasteiger partial charge in [-0.05, 0) is 12.1 Å². The van der Waals surface area contributed by atoms with Gasteiger partial charge in [0.1, 0.15) is 11.3 Å². The fourth-order valence-electron chi connectivity index (χ4n) is 2.18. The largest absolute Gasteiger partial charge is 0.331 e. The zero-order valence-corrected chi connectivity index (χ0v) is 12.5. The summed E-state index contributed by atoms with van der Waals surface area (Å²) in [7, 11) is -1.41. The molecule has 0 radical (unpaired) electrons. The maximum atomic E-state index is 11.8. The van der Waals surface area contributed by atoms with Gasteiger partial charge in [-0.3, -0.25) is 0 Å². The Kier molecular flexibility index (Phi) is 3.18. The van der Waals surface area contributed by atoms with Crippen molar-refractivity contribution in [1.82, 2.24) is 9.55 Å². The van der Waals surface area contributed by atoms with Crippen molar-refractivity contribution >= 4 is 20.9 Å². The Morgan fingerprint density at radius 3 is 2.53 bits per heavy atom. The molecule has 0 aliphatic carbocycles. The van der Waals surface area contributed by atoms with E-state index in [4.69, 9.17) is 5.73 Å². The summed E-state index contributed by atoms with van der Waals surface area (Å²) in [6, 6.07) is 5.19. The molecule has 104 valence electrons. The molecule has 0 amide bonds. The van der Waals surface area contributed by atoms with Crippen molar-refractivity contribution in [2.45, 2.75) is 24.2 Å². The summed E-state index contributed by atoms with van der Waals surface area (Å²) in [5.41, 5.74) is 6.80. The quantitative estimate of drug-likeness (QED) is 0.917. The standard InChI is InChI=1S/C13H19N3O2S/c1-13(2,8-14)12-15-11-9(16(12)3)6-5-7-10(11)19(4,17)18/h5-7H,8,14H2,1-4H3. The van der Waals surface area contributed by atoms with E-state index < -0.39 is 9.84 Å². The molecular formula is C13H19N3O2S. The number of sulfone groups is 1. The summed E-state index contributed by atoms with van der Waals surface area (Å²) in [4.78, 5) is 4.79. The van der Waals surface area contributed by atoms with E-state index in [0.29, 0.717) is 12.1 Å². The average Bonchev–Trinajstić information content (AvgIpc) is 2.66. The number of fused-ring (bicyclic) bond motifs is 1. The SMILES string of the molecule is Cn1c(C(C)(C)CN)nc2c(S(C)(=O)=O)cccc21. The van der Waals surface area contributed by atoms with Crippen LogP contribution in [0, 0.1) is 0 Å². The number of nitrogens with zero attached hydrogens (tertiary/aromatic N) is 2. The molecule has 0 unspecified atom stereocenters. The van der Waals surface area contributed by atoms with Crippen molar-refractivity contribution in [1.29, 1.82) is 0 Å². The summed E-state index contributed by atoms with van der Waals surface area (Å²) in [6.45, 7) is 4.43. The van der Waals surface area contributed by atoms with Crippen LogP contribution in [0.1, 0.15) is 19.7 Å². The van der Waals surface area contributed by atoms with Crippen molar-refractivity contribution in [2.75, 3.05) is 12.8 Å². The first kappa shape index (κ1) is 14.0. The van der Waals surface area contributed by atoms with Gasteiger partial charge in [0.05, 0.1) is 10.4 Å². The molecule has 2 aromatic rings. The highest BCUT2D eigenvalue weighted by Gasteiger charge is 2.26. The van der Waals surface area contributed by atoms with Crippen molar-refractivity contribution in [3.63, 3.8) is 0 Å². The van der Waals surface area contributed by atoms with Gasteiger partial charge in [-0.25, -0.2) is 13.4 Å². The summed E-state index contributed by atoms with van der Waals surface area (Å²) in [6.07, 6.45) is 1.20. The average molecular weight is 281 g/mol. The number of para-hydroxylation sites is 1. The third kappa shape index (κ3) is 2.26. The summed E-state index contributed by atoms with van der Waals surface area (Å²) >= 11 is 0. The molecule has 0 spiro atoms. The molecule has 5 nitrogen and oxygen atoms in total. The number of aryl methyl sites for hydroxylation is 1. The molecule has 0 saturated heterocycles. The molecule has 0 atom stereocenters. The zero-order valence-electron chi connectivity index (χ0n) is 11.6. The molecule has 0 bridgehead atoms. The lowest BCUT2D eigenvalue weighted by Crippen LogP contribution is -2.31. The first-order chi connectivity index (χ1) is 8.68. The summed E-state index contributed by atoms with van der Waals surface area (Å²) < 4.78 is 25.5. The van der Waals surface area contributed by atoms with E-state index in [9.17, 15) is 8.42 Å². The molecule has 1 aromatic carbocycles. The van der Waals surface area contributed by atoms with E-state index in [2.05, 4.69) is 4.98 Å². The second-order valence-electron chi connectivity index (χ2n) is 5.48. The molecule has 0 aliphatic rings. The van der Waals surface area contributed by atoms with Gasteiger partial charge in [-0.15, -0.1) is 0 Å². The molecule has 2 N–H and O–H groups in total. The number of rotatable bonds is 3. The van der Waals surface area contributed by atoms with Crippen molar-refractivity contribution in [2.24, 2.45) is 12.8 Å². The van der Waals surface area contributed by atoms with E-state index in [1.165, 1.54) is 6.26 Å². The van der Waals surface area contributed by atoms with Gasteiger partial charge in [0, 0.05) is 25.3 Å². The molecule has 0 fully saturated rings. The minimum absolute atomic E-state index is 0.264. The minimum Gasteiger partial charge on any atom is -0.331 e. The molecule has 0 saturated carbocycles. The Morgan fingerprint density at radius 2 is 2.00 bits per heavy atom. The smallest absolute Gasteiger partial charge is 0.177 e. The fraction of sp³-hybridized carbons (Fsp3) is 0.462. The molecule has 1 heterocycles. The van der Waals surface area contributed by atoms with Gasteiger partial charge in [-0.1, -0.05) is 19.9 Å². The number of benzene rings is 1. The van der Waals surface area contributed by atoms with Crippen molar-refractivity contribution in [3.8, 4) is 0 Å². The first-order valence-electron chi connectivity index (χ1n) is 6.04. The van der Waals surface area contributed by atoms with Gasteiger partial charge >= 0.3 is 0 Å². The Labute approximate surface area is 113 Å². The molecule has 19 heavy (non-hydrogen) atoms. The van der Waals surface area contributed by atoms with Gasteiger partial charge in [0.2, 0.25) is 0 Å². The van der Waals surface area contributed by atoms with E-state index >= 15 is 0 Å². The second kappa shape index (κ2) is 4.31. The molecule has 1 aromatic heterocycles. The maximum absolute atomic E-state index is 11.8. The van der Waals surface area contributed by atoms with Crippen LogP contribution in [-0.2, 0) is 22.3 Å². The van der Waals surface area contributed by atoms with E-state index in [1.54, 1.807) is 12.1 Å². The third-order valence-corrected chi connectivity index (χ3v) is 4.52. The van der Waals surface area contributed by atoms with Crippen LogP contribution in [0.2, 0.25) is 0 Å². The number of imidazole rings is 1. The monoisotopic (exact) mass is 281 g/mol. The topological polar surface area (TPSA) is 78.0 Å². The molecular weight excluding hydrogens is 262 g/mol. The van der Waals surface area contributed by atoms with Crippen molar-refractivity contribution < 1.29 is 8.42 Å². The predicted octanol–water partition coefficient (Wildman–Crippen LogP) is 1.21. The Bertz CT molecular complexity index is 730. The van der Waals surface area contributed by atoms with Gasteiger partial charge in [-0.2, -0.15) is 0 Å². The van der Waals surface area contributed by atoms with Gasteiger partial charge in [0.15, 0.2) is 9.84 Å². The van der Waals surface area contributed by atoms with Gasteiger partial charge in [0.25, 0.3) is 0 Å². The fourth-order valence-corrected chi connectivity index (χ4v) is 3.01. The molecule has 2 rings (SSSR count). The highest BCUT2D eigenvalue weighted by atomic mass is 32.2. The lowest BCUT2D eigenvalue weighted by Gasteiger charge is -2.21. The molecule has 0 aliphatic heterocycles. The lowest BCUT2D eigenvalue weighted by atomic mass is 9.93. The Balaban J connectivity index is 2.85. The number of aromatic nitrogens is 2. The van der Waals surface area contributed by atoms with E-state index in [-0.39, 0.29) is 10.3 Å². The highest BCUT2D eigenvalue weighted by Crippen LogP contribution is 2.28. The number of hydrogen-bond donors (Lipinski definition) is 1. The van der Waals surface area contributed by atoms with Gasteiger partial charge < -0.3 is 10.3 Å². The van der Waals surface area contributed by atoms with Crippen LogP contribution >= 0.6 is 0 Å². The van der Waals surface area contributed by atoms with E-state index in [1.807, 2.05) is 31.5 Å². The first-order valence-corrected chi connectivity index (χ1v) is 7.93. The van der Waals surface area contributed by atoms with Crippen LogP contribution in [0.15, 0.2) is 23.1 Å². The van der Waals surface area contributed by atoms with Crippen LogP contribution in [0.3, 0.4) is 0 Å². The highest BCUT2D eigenvalue weighted by molar-refractivity contribution is 7.91. The van der Waals surface area contributed by atoms with Crippen molar-refractivity contribution in [3.05, 3.63) is 24.0 Å². The van der Waals surface area contributed by atoms with Crippen LogP contribution < -0.4 is 5.73 Å². The van der Waals surface area contributed by atoms with E-state index in [0.717, 1.165) is 11.3 Å². The lowest BCUT2D eigenvalue weighted by molar-refractivity contribution is 0.487. The second-order valence-corrected chi connectivity index (χ2v) is 7.46. The van der Waals surface area contributed by atoms with Crippen LogP contribution in [0.25, 0.3) is 11.0 Å². The summed E-state index contributed by atoms with van der Waals surface area (Å²) in [5, 5.41) is 0. The number of hydrogen-bond acceptors (Lipinski definition) is 4. The Morgan fingerprint density at radius 1 is 1.37 bits per heavy atom.